The van der Waals surface area contributed by atoms with E-state index in [2.05, 4.69) is 15.0 Å². The minimum Gasteiger partial charge on any atom is -0.298 e. The zero-order chi connectivity index (χ0) is 22.2. The first kappa shape index (κ1) is 21.0. The Hall–Kier alpha value is -3.30. The second-order valence-corrected chi connectivity index (χ2v) is 9.73. The maximum absolute atomic E-state index is 13.1. The van der Waals surface area contributed by atoms with Crippen LogP contribution in [0.5, 0.6) is 0 Å². The summed E-state index contributed by atoms with van der Waals surface area (Å²) in [7, 11) is -3.92. The quantitative estimate of drug-likeness (QED) is 0.438. The summed E-state index contributed by atoms with van der Waals surface area (Å²) in [6, 6.07) is 14.6. The molecule has 4 rings (SSSR count). The number of carbonyl (C=O) groups excluding carboxylic acids is 1. The smallest absolute Gasteiger partial charge is 0.261 e. The highest BCUT2D eigenvalue weighted by atomic mass is 32.2. The highest BCUT2D eigenvalue weighted by molar-refractivity contribution is 7.92. The van der Waals surface area contributed by atoms with Crippen LogP contribution in [0.25, 0.3) is 10.2 Å². The number of halogens is 1. The second kappa shape index (κ2) is 8.09. The van der Waals surface area contributed by atoms with Gasteiger partial charge in [0.1, 0.15) is 5.82 Å². The number of amides is 1. The average Bonchev–Trinajstić information content (AvgIpc) is 3.09. The van der Waals surface area contributed by atoms with E-state index in [1.807, 2.05) is 26.0 Å². The molecule has 0 atom stereocenters. The van der Waals surface area contributed by atoms with Crippen molar-refractivity contribution in [1.29, 1.82) is 0 Å². The molecule has 0 unspecified atom stereocenters. The largest absolute Gasteiger partial charge is 0.298 e. The monoisotopic (exact) mass is 455 g/mol. The molecule has 1 amide bonds. The van der Waals surface area contributed by atoms with Crippen LogP contribution in [-0.4, -0.2) is 19.3 Å². The normalized spacial score (nSPS) is 11.5. The number of carbonyl (C=O) groups is 1. The van der Waals surface area contributed by atoms with Crippen molar-refractivity contribution in [3.63, 3.8) is 0 Å². The van der Waals surface area contributed by atoms with Gasteiger partial charge in [0.05, 0.1) is 15.1 Å². The van der Waals surface area contributed by atoms with Gasteiger partial charge in [0.25, 0.3) is 15.9 Å². The molecule has 0 aliphatic carbocycles. The Labute approximate surface area is 182 Å². The molecule has 4 aromatic rings. The molecule has 0 aliphatic rings. The molecule has 9 heteroatoms. The topological polar surface area (TPSA) is 88.2 Å². The van der Waals surface area contributed by atoms with Crippen LogP contribution >= 0.6 is 11.3 Å². The van der Waals surface area contributed by atoms with Gasteiger partial charge in [-0.1, -0.05) is 17.4 Å². The number of nitrogens with one attached hydrogen (secondary N) is 2. The Bertz CT molecular complexity index is 1360. The van der Waals surface area contributed by atoms with Crippen LogP contribution in [0.15, 0.2) is 65.6 Å². The molecule has 31 heavy (non-hydrogen) atoms. The Morgan fingerprint density at radius 2 is 1.71 bits per heavy atom. The number of benzene rings is 3. The number of fused-ring (bicyclic) bond motifs is 1. The molecular formula is C22H18FN3O3S2. The molecular weight excluding hydrogens is 437 g/mol. The minimum absolute atomic E-state index is 0.0798. The van der Waals surface area contributed by atoms with E-state index in [9.17, 15) is 17.6 Å². The first-order valence-corrected chi connectivity index (χ1v) is 11.6. The lowest BCUT2D eigenvalue weighted by atomic mass is 10.1. The fourth-order valence-electron chi connectivity index (χ4n) is 2.95. The zero-order valence-corrected chi connectivity index (χ0v) is 18.3. The van der Waals surface area contributed by atoms with Gasteiger partial charge >= 0.3 is 0 Å². The number of sulfonamides is 1. The number of hydrogen-bond donors (Lipinski definition) is 2. The Balaban J connectivity index is 1.53. The Kier molecular flexibility index (Phi) is 5.47. The summed E-state index contributed by atoms with van der Waals surface area (Å²) in [6.45, 7) is 4.02. The molecule has 6 nitrogen and oxygen atoms in total. The number of aryl methyl sites for hydroxylation is 2. The van der Waals surface area contributed by atoms with Gasteiger partial charge in [0.2, 0.25) is 0 Å². The maximum atomic E-state index is 13.1. The summed E-state index contributed by atoms with van der Waals surface area (Å²) < 4.78 is 41.4. The standard InChI is InChI=1S/C22H18FN3O3S2/c1-13-10-19-20(11-14(13)2)30-22(24-19)25-21(27)15-4-3-5-17(12-15)26-31(28,29)18-8-6-16(23)7-9-18/h3-12,26H,1-2H3,(H,24,25,27). The van der Waals surface area contributed by atoms with Crippen LogP contribution in [0.2, 0.25) is 0 Å². The highest BCUT2D eigenvalue weighted by Gasteiger charge is 2.16. The van der Waals surface area contributed by atoms with Crippen LogP contribution in [0, 0.1) is 19.7 Å². The van der Waals surface area contributed by atoms with Crippen molar-refractivity contribution in [2.45, 2.75) is 18.7 Å². The summed E-state index contributed by atoms with van der Waals surface area (Å²) in [6.07, 6.45) is 0. The second-order valence-electron chi connectivity index (χ2n) is 7.02. The maximum Gasteiger partial charge on any atom is 0.261 e. The van der Waals surface area contributed by atoms with Crippen LogP contribution in [0.3, 0.4) is 0 Å². The lowest BCUT2D eigenvalue weighted by Gasteiger charge is -2.09. The molecule has 158 valence electrons. The molecule has 0 spiro atoms. The van der Waals surface area contributed by atoms with Crippen molar-refractivity contribution in [2.24, 2.45) is 0 Å². The van der Waals surface area contributed by atoms with Gasteiger partial charge in [-0.05, 0) is 79.6 Å². The van der Waals surface area contributed by atoms with Crippen molar-refractivity contribution in [1.82, 2.24) is 4.98 Å². The van der Waals surface area contributed by atoms with E-state index in [1.165, 1.54) is 35.6 Å². The van der Waals surface area contributed by atoms with Gasteiger partial charge in [-0.2, -0.15) is 0 Å². The van der Waals surface area contributed by atoms with Gasteiger partial charge < -0.3 is 0 Å². The number of aromatic nitrogens is 1. The van der Waals surface area contributed by atoms with Crippen LogP contribution in [0.1, 0.15) is 21.5 Å². The predicted octanol–water partition coefficient (Wildman–Crippen LogP) is 5.11. The van der Waals surface area contributed by atoms with Gasteiger partial charge in [-0.15, -0.1) is 0 Å². The van der Waals surface area contributed by atoms with Crippen LogP contribution < -0.4 is 10.0 Å². The number of thiazole rings is 1. The first-order valence-electron chi connectivity index (χ1n) is 9.29. The predicted molar refractivity (Wildman–Crippen MR) is 121 cm³/mol. The fourth-order valence-corrected chi connectivity index (χ4v) is 4.94. The zero-order valence-electron chi connectivity index (χ0n) is 16.6. The highest BCUT2D eigenvalue weighted by Crippen LogP contribution is 2.29. The molecule has 0 fully saturated rings. The molecule has 3 aromatic carbocycles. The van der Waals surface area contributed by atoms with Gasteiger partial charge in [0.15, 0.2) is 5.13 Å². The van der Waals surface area contributed by atoms with E-state index >= 15 is 0 Å². The third kappa shape index (κ3) is 4.57. The summed E-state index contributed by atoms with van der Waals surface area (Å²) in [5, 5.41) is 3.22. The van der Waals surface area contributed by atoms with E-state index in [0.717, 1.165) is 33.5 Å². The van der Waals surface area contributed by atoms with Crippen molar-refractivity contribution in [3.8, 4) is 0 Å². The molecule has 0 bridgehead atoms. The SMILES string of the molecule is Cc1cc2nc(NC(=O)c3cccc(NS(=O)(=O)c4ccc(F)cc4)c3)sc2cc1C. The summed E-state index contributed by atoms with van der Waals surface area (Å²) in [5.74, 6) is -0.937. The molecule has 2 N–H and O–H groups in total. The van der Waals surface area contributed by atoms with Crippen molar-refractivity contribution < 1.29 is 17.6 Å². The number of nitrogens with zero attached hydrogens (tertiary/aromatic N) is 1. The van der Waals surface area contributed by atoms with Crippen molar-refractivity contribution in [2.75, 3.05) is 10.0 Å². The van der Waals surface area contributed by atoms with E-state index in [0.29, 0.717) is 5.13 Å². The summed E-state index contributed by atoms with van der Waals surface area (Å²) in [5.41, 5.74) is 3.56. The number of rotatable bonds is 5. The third-order valence-corrected chi connectivity index (χ3v) is 7.06. The van der Waals surface area contributed by atoms with Gasteiger partial charge in [-0.3, -0.25) is 14.8 Å². The first-order chi connectivity index (χ1) is 14.7. The molecule has 0 saturated carbocycles. The van der Waals surface area contributed by atoms with E-state index in [1.54, 1.807) is 12.1 Å². The fraction of sp³-hybridized carbons (Fsp3) is 0.0909. The van der Waals surface area contributed by atoms with Crippen molar-refractivity contribution in [3.05, 3.63) is 83.2 Å². The molecule has 1 heterocycles. The van der Waals surface area contributed by atoms with E-state index < -0.39 is 21.7 Å². The van der Waals surface area contributed by atoms with Gasteiger partial charge in [-0.25, -0.2) is 17.8 Å². The average molecular weight is 456 g/mol. The molecule has 0 saturated heterocycles. The number of anilines is 2. The summed E-state index contributed by atoms with van der Waals surface area (Å²) >= 11 is 1.37. The molecule has 0 aliphatic heterocycles. The third-order valence-electron chi connectivity index (χ3n) is 4.73. The Morgan fingerprint density at radius 1 is 1.00 bits per heavy atom. The lowest BCUT2D eigenvalue weighted by Crippen LogP contribution is -2.15. The molecule has 0 radical (unpaired) electrons. The van der Waals surface area contributed by atoms with Crippen LogP contribution in [0.4, 0.5) is 15.2 Å². The molecule has 1 aromatic heterocycles. The summed E-state index contributed by atoms with van der Waals surface area (Å²) in [4.78, 5) is 17.1. The van der Waals surface area contributed by atoms with Crippen molar-refractivity contribution >= 4 is 48.3 Å². The van der Waals surface area contributed by atoms with E-state index in [4.69, 9.17) is 0 Å². The lowest BCUT2D eigenvalue weighted by molar-refractivity contribution is 0.102. The minimum atomic E-state index is -3.92. The van der Waals surface area contributed by atoms with Crippen LogP contribution in [-0.2, 0) is 10.0 Å². The Morgan fingerprint density at radius 3 is 2.45 bits per heavy atom. The van der Waals surface area contributed by atoms with Gasteiger partial charge in [0, 0.05) is 11.3 Å². The van der Waals surface area contributed by atoms with E-state index in [-0.39, 0.29) is 16.1 Å². The number of hydrogen-bond acceptors (Lipinski definition) is 5.